The Bertz CT molecular complexity index is 974. The molecule has 0 radical (unpaired) electrons. The van der Waals surface area contributed by atoms with Gasteiger partial charge in [-0.25, -0.2) is 13.1 Å². The van der Waals surface area contributed by atoms with Gasteiger partial charge in [-0.1, -0.05) is 43.2 Å². The van der Waals surface area contributed by atoms with Gasteiger partial charge in [0.15, 0.2) is 0 Å². The van der Waals surface area contributed by atoms with Crippen LogP contribution in [0.3, 0.4) is 0 Å². The first-order valence-corrected chi connectivity index (χ1v) is 11.3. The molecule has 0 saturated heterocycles. The zero-order chi connectivity index (χ0) is 20.7. The summed E-state index contributed by atoms with van der Waals surface area (Å²) in [6.07, 6.45) is 4.49. The number of nitrogens with zero attached hydrogens (tertiary/aromatic N) is 1. The summed E-state index contributed by atoms with van der Waals surface area (Å²) in [6, 6.07) is 18.0. The van der Waals surface area contributed by atoms with Gasteiger partial charge in [0, 0.05) is 30.5 Å². The number of nitrogens with one attached hydrogen (secondary N) is 2. The van der Waals surface area contributed by atoms with Gasteiger partial charge in [-0.2, -0.15) is 5.26 Å². The van der Waals surface area contributed by atoms with E-state index in [1.165, 1.54) is 29.8 Å². The zero-order valence-electron chi connectivity index (χ0n) is 16.2. The lowest BCUT2D eigenvalue weighted by atomic mass is 9.79. The van der Waals surface area contributed by atoms with Gasteiger partial charge in [0.05, 0.1) is 11.0 Å². The summed E-state index contributed by atoms with van der Waals surface area (Å²) in [5.74, 6) is -0.214. The Balaban J connectivity index is 1.66. The maximum absolute atomic E-state index is 12.6. The van der Waals surface area contributed by atoms with Crippen molar-refractivity contribution in [3.05, 3.63) is 65.7 Å². The lowest BCUT2D eigenvalue weighted by molar-refractivity contribution is 0.0943. The van der Waals surface area contributed by atoms with Crippen LogP contribution in [-0.4, -0.2) is 27.4 Å². The molecule has 0 aromatic heterocycles. The van der Waals surface area contributed by atoms with Gasteiger partial charge in [0.2, 0.25) is 10.0 Å². The Labute approximate surface area is 172 Å². The molecule has 152 valence electrons. The van der Waals surface area contributed by atoms with Gasteiger partial charge in [0.1, 0.15) is 0 Å². The van der Waals surface area contributed by atoms with Crippen LogP contribution in [0.15, 0.2) is 59.5 Å². The molecule has 1 saturated carbocycles. The van der Waals surface area contributed by atoms with Crippen molar-refractivity contribution in [2.45, 2.75) is 42.4 Å². The van der Waals surface area contributed by atoms with Gasteiger partial charge >= 0.3 is 0 Å². The summed E-state index contributed by atoms with van der Waals surface area (Å²) in [4.78, 5) is 12.7. The molecule has 3 rings (SSSR count). The molecular weight excluding hydrogens is 386 g/mol. The molecule has 1 aliphatic rings. The predicted molar refractivity (Wildman–Crippen MR) is 111 cm³/mol. The van der Waals surface area contributed by atoms with E-state index in [0.29, 0.717) is 12.1 Å². The number of carbonyl (C=O) groups excluding carboxylic acids is 1. The number of carbonyl (C=O) groups is 1. The molecule has 0 spiro atoms. The average molecular weight is 412 g/mol. The molecule has 2 aromatic carbocycles. The highest BCUT2D eigenvalue weighted by Crippen LogP contribution is 2.40. The second-order valence-corrected chi connectivity index (χ2v) is 9.13. The van der Waals surface area contributed by atoms with E-state index in [2.05, 4.69) is 22.2 Å². The maximum atomic E-state index is 12.6. The SMILES string of the molecule is N#CCCNS(=O)(=O)c1ccc(C(=O)NCC2(c3ccccc3)CCCC2)cc1. The smallest absolute Gasteiger partial charge is 0.251 e. The van der Waals surface area contributed by atoms with Crippen molar-refractivity contribution >= 4 is 15.9 Å². The number of benzene rings is 2. The van der Waals surface area contributed by atoms with Crippen molar-refractivity contribution in [1.29, 1.82) is 5.26 Å². The molecule has 0 bridgehead atoms. The van der Waals surface area contributed by atoms with Crippen molar-refractivity contribution in [1.82, 2.24) is 10.0 Å². The van der Waals surface area contributed by atoms with Gasteiger partial charge in [0.25, 0.3) is 5.91 Å². The van der Waals surface area contributed by atoms with Crippen LogP contribution in [0.4, 0.5) is 0 Å². The summed E-state index contributed by atoms with van der Waals surface area (Å²) in [7, 11) is -3.68. The zero-order valence-corrected chi connectivity index (χ0v) is 17.0. The van der Waals surface area contributed by atoms with Gasteiger partial charge in [-0.3, -0.25) is 4.79 Å². The first-order chi connectivity index (χ1) is 14.0. The summed E-state index contributed by atoms with van der Waals surface area (Å²) in [5.41, 5.74) is 1.63. The monoisotopic (exact) mass is 411 g/mol. The van der Waals surface area contributed by atoms with E-state index in [1.807, 2.05) is 24.3 Å². The van der Waals surface area contributed by atoms with E-state index in [4.69, 9.17) is 5.26 Å². The van der Waals surface area contributed by atoms with Gasteiger partial charge < -0.3 is 5.32 Å². The number of hydrogen-bond acceptors (Lipinski definition) is 4. The standard InChI is InChI=1S/C22H25N3O3S/c23-15-6-16-25-29(27,28)20-11-9-18(10-12-20)21(26)24-17-22(13-4-5-14-22)19-7-2-1-3-8-19/h1-3,7-12,25H,4-6,13-14,16-17H2,(H,24,26). The van der Waals surface area contributed by atoms with E-state index >= 15 is 0 Å². The summed E-state index contributed by atoms with van der Waals surface area (Å²) >= 11 is 0. The molecule has 2 aromatic rings. The van der Waals surface area contributed by atoms with Crippen LogP contribution in [0.25, 0.3) is 0 Å². The van der Waals surface area contributed by atoms with Crippen LogP contribution in [0.1, 0.15) is 48.0 Å². The fraction of sp³-hybridized carbons (Fsp3) is 0.364. The van der Waals surface area contributed by atoms with Crippen LogP contribution in [0.5, 0.6) is 0 Å². The van der Waals surface area contributed by atoms with E-state index in [1.54, 1.807) is 0 Å². The third-order valence-corrected chi connectivity index (χ3v) is 6.97. The number of sulfonamides is 1. The van der Waals surface area contributed by atoms with Crippen molar-refractivity contribution in [3.63, 3.8) is 0 Å². The van der Waals surface area contributed by atoms with Crippen molar-refractivity contribution in [3.8, 4) is 6.07 Å². The second-order valence-electron chi connectivity index (χ2n) is 7.37. The first-order valence-electron chi connectivity index (χ1n) is 9.77. The average Bonchev–Trinajstić information content (AvgIpc) is 3.23. The fourth-order valence-electron chi connectivity index (χ4n) is 3.87. The molecule has 0 atom stereocenters. The van der Waals surface area contributed by atoms with Gasteiger partial charge in [-0.15, -0.1) is 0 Å². The molecule has 1 amide bonds. The highest BCUT2D eigenvalue weighted by atomic mass is 32.2. The van der Waals surface area contributed by atoms with E-state index in [-0.39, 0.29) is 29.2 Å². The molecule has 6 nitrogen and oxygen atoms in total. The maximum Gasteiger partial charge on any atom is 0.251 e. The molecule has 1 aliphatic carbocycles. The Morgan fingerprint density at radius 3 is 2.31 bits per heavy atom. The third kappa shape index (κ3) is 5.03. The van der Waals surface area contributed by atoms with Crippen molar-refractivity contribution < 1.29 is 13.2 Å². The van der Waals surface area contributed by atoms with E-state index in [0.717, 1.165) is 25.7 Å². The molecule has 0 aliphatic heterocycles. The summed E-state index contributed by atoms with van der Waals surface area (Å²) < 4.78 is 26.7. The molecular formula is C22H25N3O3S. The summed E-state index contributed by atoms with van der Waals surface area (Å²) in [5, 5.41) is 11.6. The number of amides is 1. The Morgan fingerprint density at radius 2 is 1.69 bits per heavy atom. The van der Waals surface area contributed by atoms with E-state index in [9.17, 15) is 13.2 Å². The molecule has 29 heavy (non-hydrogen) atoms. The van der Waals surface area contributed by atoms with Crippen LogP contribution in [0.2, 0.25) is 0 Å². The fourth-order valence-corrected chi connectivity index (χ4v) is 4.90. The first kappa shape index (κ1) is 21.0. The van der Waals surface area contributed by atoms with Crippen LogP contribution in [0, 0.1) is 11.3 Å². The largest absolute Gasteiger partial charge is 0.351 e. The Kier molecular flexibility index (Phi) is 6.68. The highest BCUT2D eigenvalue weighted by Gasteiger charge is 2.35. The molecule has 1 fully saturated rings. The van der Waals surface area contributed by atoms with Crippen molar-refractivity contribution in [2.24, 2.45) is 0 Å². The van der Waals surface area contributed by atoms with E-state index < -0.39 is 10.0 Å². The summed E-state index contributed by atoms with van der Waals surface area (Å²) in [6.45, 7) is 0.619. The van der Waals surface area contributed by atoms with Gasteiger partial charge in [-0.05, 0) is 42.7 Å². The van der Waals surface area contributed by atoms with Crippen LogP contribution >= 0.6 is 0 Å². The minimum absolute atomic E-state index is 0.0368. The third-order valence-electron chi connectivity index (χ3n) is 5.49. The number of rotatable bonds is 8. The predicted octanol–water partition coefficient (Wildman–Crippen LogP) is 3.12. The highest BCUT2D eigenvalue weighted by molar-refractivity contribution is 7.89. The Morgan fingerprint density at radius 1 is 1.03 bits per heavy atom. The molecule has 2 N–H and O–H groups in total. The number of hydrogen-bond donors (Lipinski definition) is 2. The Hall–Kier alpha value is -2.69. The quantitative estimate of drug-likeness (QED) is 0.652. The minimum Gasteiger partial charge on any atom is -0.351 e. The van der Waals surface area contributed by atoms with Crippen LogP contribution < -0.4 is 10.0 Å². The lowest BCUT2D eigenvalue weighted by Crippen LogP contribution is -2.39. The second kappa shape index (κ2) is 9.21. The van der Waals surface area contributed by atoms with Crippen molar-refractivity contribution in [2.75, 3.05) is 13.1 Å². The van der Waals surface area contributed by atoms with Crippen LogP contribution in [-0.2, 0) is 15.4 Å². The molecule has 0 heterocycles. The molecule has 0 unspecified atom stereocenters. The number of nitriles is 1. The lowest BCUT2D eigenvalue weighted by Gasteiger charge is -2.30. The molecule has 7 heteroatoms. The topological polar surface area (TPSA) is 99.1 Å². The normalized spacial score (nSPS) is 15.6. The minimum atomic E-state index is -3.68.